The fourth-order valence-electron chi connectivity index (χ4n) is 3.35. The summed E-state index contributed by atoms with van der Waals surface area (Å²) < 4.78 is 5.39. The van der Waals surface area contributed by atoms with E-state index in [1.54, 1.807) is 0 Å². The lowest BCUT2D eigenvalue weighted by molar-refractivity contribution is -0.139. The summed E-state index contributed by atoms with van der Waals surface area (Å²) >= 11 is 0. The predicted molar refractivity (Wildman–Crippen MR) is 101 cm³/mol. The third-order valence-electron chi connectivity index (χ3n) is 4.84. The Morgan fingerprint density at radius 1 is 1.04 bits per heavy atom. The number of nitrogens with two attached hydrogens (primary N) is 2. The van der Waals surface area contributed by atoms with Crippen molar-refractivity contribution in [2.24, 2.45) is 11.5 Å². The van der Waals surface area contributed by atoms with Gasteiger partial charge in [0.15, 0.2) is 0 Å². The normalized spacial score (nSPS) is 14.7. The van der Waals surface area contributed by atoms with Crippen molar-refractivity contribution in [2.45, 2.75) is 24.4 Å². The number of hydrogen-bond donors (Lipinski definition) is 4. The van der Waals surface area contributed by atoms with Crippen molar-refractivity contribution in [1.29, 1.82) is 0 Å². The molecule has 0 aromatic heterocycles. The van der Waals surface area contributed by atoms with Gasteiger partial charge in [-0.1, -0.05) is 48.5 Å². The van der Waals surface area contributed by atoms with Gasteiger partial charge in [-0.3, -0.25) is 4.79 Å². The molecular weight excluding hydrogens is 346 g/mol. The number of amides is 1. The molecule has 27 heavy (non-hydrogen) atoms. The molecule has 0 saturated heterocycles. The molecule has 0 spiro atoms. The van der Waals surface area contributed by atoms with E-state index in [2.05, 4.69) is 17.4 Å². The highest BCUT2D eigenvalue weighted by Crippen LogP contribution is 2.44. The second-order valence-electron chi connectivity index (χ2n) is 6.57. The van der Waals surface area contributed by atoms with Crippen molar-refractivity contribution in [3.63, 3.8) is 0 Å². The molecule has 142 valence electrons. The average Bonchev–Trinajstić information content (AvgIpc) is 2.99. The summed E-state index contributed by atoms with van der Waals surface area (Å²) in [5, 5.41) is 11.4. The first-order valence-electron chi connectivity index (χ1n) is 8.82. The molecule has 6 N–H and O–H groups in total. The number of carbonyl (C=O) groups excluding carboxylic acids is 1. The Bertz CT molecular complexity index is 794. The van der Waals surface area contributed by atoms with Gasteiger partial charge in [-0.25, -0.2) is 4.79 Å². The minimum Gasteiger partial charge on any atom is -0.480 e. The summed E-state index contributed by atoms with van der Waals surface area (Å²) in [6.07, 6.45) is -0.314. The molecule has 0 aliphatic heterocycles. The number of fused-ring (bicyclic) bond motifs is 3. The summed E-state index contributed by atoms with van der Waals surface area (Å²) in [5.74, 6) is -1.17. The minimum absolute atomic E-state index is 0.00848. The van der Waals surface area contributed by atoms with Crippen LogP contribution in [0.5, 0.6) is 0 Å². The van der Waals surface area contributed by atoms with E-state index in [4.69, 9.17) is 21.3 Å². The number of hydrogen-bond acceptors (Lipinski definition) is 5. The van der Waals surface area contributed by atoms with E-state index in [1.807, 2.05) is 36.4 Å². The number of carboxylic acids is 1. The summed E-state index contributed by atoms with van der Waals surface area (Å²) in [6, 6.07) is 14.3. The molecule has 3 rings (SSSR count). The molecule has 1 aliphatic carbocycles. The van der Waals surface area contributed by atoms with Crippen LogP contribution in [0.25, 0.3) is 11.1 Å². The maximum atomic E-state index is 12.0. The van der Waals surface area contributed by atoms with Gasteiger partial charge < -0.3 is 26.6 Å². The van der Waals surface area contributed by atoms with Crippen LogP contribution in [0, 0.1) is 0 Å². The predicted octanol–water partition coefficient (Wildman–Crippen LogP) is 1.65. The maximum absolute atomic E-state index is 12.0. The lowest BCUT2D eigenvalue weighted by Gasteiger charge is -2.17. The van der Waals surface area contributed by atoms with Gasteiger partial charge >= 0.3 is 12.1 Å². The zero-order valence-corrected chi connectivity index (χ0v) is 14.8. The Morgan fingerprint density at radius 3 is 2.15 bits per heavy atom. The summed E-state index contributed by atoms with van der Waals surface area (Å²) in [4.78, 5) is 22.8. The number of alkyl carbamates (subject to hydrolysis) is 1. The van der Waals surface area contributed by atoms with E-state index < -0.39 is 24.1 Å². The van der Waals surface area contributed by atoms with Crippen molar-refractivity contribution in [3.8, 4) is 11.1 Å². The first-order chi connectivity index (χ1) is 13.0. The zero-order valence-electron chi connectivity index (χ0n) is 14.8. The number of carbonyl (C=O) groups is 2. The van der Waals surface area contributed by atoms with Crippen LogP contribution in [0.3, 0.4) is 0 Å². The van der Waals surface area contributed by atoms with Gasteiger partial charge in [-0.2, -0.15) is 0 Å². The van der Waals surface area contributed by atoms with Gasteiger partial charge in [0.2, 0.25) is 0 Å². The lowest BCUT2D eigenvalue weighted by atomic mass is 9.98. The van der Waals surface area contributed by atoms with Gasteiger partial charge in [0.1, 0.15) is 12.6 Å². The maximum Gasteiger partial charge on any atom is 0.407 e. The standard InChI is InChI=1S/C20H23N3O4/c21-17(18(22)19(24)25)9-10-23-20(26)27-11-16-14-7-3-1-5-12(14)13-6-2-4-8-15(13)16/h1-8,16-18H,9-11,21-22H2,(H,23,26)(H,24,25)/t17?,18-/m0/s1. The Morgan fingerprint density at radius 2 is 1.59 bits per heavy atom. The Hall–Kier alpha value is -2.90. The van der Waals surface area contributed by atoms with E-state index in [9.17, 15) is 9.59 Å². The van der Waals surface area contributed by atoms with E-state index >= 15 is 0 Å². The molecule has 2 aromatic rings. The van der Waals surface area contributed by atoms with Gasteiger partial charge in [0.25, 0.3) is 0 Å². The molecule has 7 nitrogen and oxygen atoms in total. The van der Waals surface area contributed by atoms with E-state index in [1.165, 1.54) is 0 Å². The van der Waals surface area contributed by atoms with Crippen molar-refractivity contribution in [3.05, 3.63) is 59.7 Å². The van der Waals surface area contributed by atoms with Crippen LogP contribution in [0.2, 0.25) is 0 Å². The third kappa shape index (κ3) is 4.10. The SMILES string of the molecule is NC(CCNC(=O)OCC1c2ccccc2-c2ccccc21)[C@H](N)C(=O)O. The Balaban J connectivity index is 1.54. The molecule has 2 aromatic carbocycles. The average molecular weight is 369 g/mol. The number of benzene rings is 2. The molecule has 7 heteroatoms. The fraction of sp³-hybridized carbons (Fsp3) is 0.300. The molecule has 0 radical (unpaired) electrons. The van der Waals surface area contributed by atoms with Gasteiger partial charge in [0.05, 0.1) is 0 Å². The number of carboxylic acid groups (broad SMARTS) is 1. The molecule has 2 atom stereocenters. The molecule has 0 fully saturated rings. The topological polar surface area (TPSA) is 128 Å². The van der Waals surface area contributed by atoms with Crippen LogP contribution in [-0.4, -0.2) is 42.4 Å². The van der Waals surface area contributed by atoms with E-state index in [-0.39, 0.29) is 25.5 Å². The summed E-state index contributed by atoms with van der Waals surface area (Å²) in [5.41, 5.74) is 15.7. The van der Waals surface area contributed by atoms with Gasteiger partial charge in [-0.15, -0.1) is 0 Å². The molecule has 1 amide bonds. The molecule has 1 unspecified atom stereocenters. The van der Waals surface area contributed by atoms with E-state index in [0.29, 0.717) is 0 Å². The monoisotopic (exact) mass is 369 g/mol. The lowest BCUT2D eigenvalue weighted by Crippen LogP contribution is -2.48. The highest BCUT2D eigenvalue weighted by atomic mass is 16.5. The van der Waals surface area contributed by atoms with Gasteiger partial charge in [-0.05, 0) is 28.7 Å². The highest BCUT2D eigenvalue weighted by Gasteiger charge is 2.29. The second kappa shape index (κ2) is 8.20. The number of ether oxygens (including phenoxy) is 1. The van der Waals surface area contributed by atoms with Crippen LogP contribution >= 0.6 is 0 Å². The van der Waals surface area contributed by atoms with Crippen molar-refractivity contribution >= 4 is 12.1 Å². The first-order valence-corrected chi connectivity index (χ1v) is 8.82. The van der Waals surface area contributed by atoms with Gasteiger partial charge in [0, 0.05) is 18.5 Å². The largest absolute Gasteiger partial charge is 0.480 e. The Kier molecular flexibility index (Phi) is 5.73. The van der Waals surface area contributed by atoms with Crippen LogP contribution < -0.4 is 16.8 Å². The summed E-state index contributed by atoms with van der Waals surface area (Å²) in [6.45, 7) is 0.416. The quantitative estimate of drug-likeness (QED) is 0.588. The van der Waals surface area contributed by atoms with Crippen molar-refractivity contribution in [2.75, 3.05) is 13.2 Å². The molecule has 0 bridgehead atoms. The molecule has 1 aliphatic rings. The smallest absolute Gasteiger partial charge is 0.407 e. The fourth-order valence-corrected chi connectivity index (χ4v) is 3.35. The van der Waals surface area contributed by atoms with E-state index in [0.717, 1.165) is 22.3 Å². The number of aliphatic carboxylic acids is 1. The molecule has 0 saturated carbocycles. The van der Waals surface area contributed by atoms with Crippen LogP contribution in [0.4, 0.5) is 4.79 Å². The minimum atomic E-state index is -1.16. The summed E-state index contributed by atoms with van der Waals surface area (Å²) in [7, 11) is 0. The molecule has 0 heterocycles. The van der Waals surface area contributed by atoms with Crippen LogP contribution in [0.1, 0.15) is 23.5 Å². The molecular formula is C20H23N3O4. The van der Waals surface area contributed by atoms with Crippen molar-refractivity contribution < 1.29 is 19.4 Å². The highest BCUT2D eigenvalue weighted by molar-refractivity contribution is 5.79. The van der Waals surface area contributed by atoms with Crippen molar-refractivity contribution in [1.82, 2.24) is 5.32 Å². The zero-order chi connectivity index (χ0) is 19.4. The second-order valence-corrected chi connectivity index (χ2v) is 6.57. The Labute approximate surface area is 157 Å². The first kappa shape index (κ1) is 18.9. The van der Waals surface area contributed by atoms with Crippen LogP contribution in [0.15, 0.2) is 48.5 Å². The third-order valence-corrected chi connectivity index (χ3v) is 4.84. The number of rotatable bonds is 7. The number of nitrogens with one attached hydrogen (secondary N) is 1. The van der Waals surface area contributed by atoms with Crippen LogP contribution in [-0.2, 0) is 9.53 Å².